The highest BCUT2D eigenvalue weighted by Crippen LogP contribution is 2.22. The SMILES string of the molecule is Cc1ccccc1-c1noc(CN2CCC(C(=O)NCCCSCc3ccco3)CC2)n1. The molecule has 0 spiro atoms. The van der Waals surface area contributed by atoms with Gasteiger partial charge < -0.3 is 14.3 Å². The lowest BCUT2D eigenvalue weighted by Crippen LogP contribution is -2.40. The first-order valence-electron chi connectivity index (χ1n) is 11.2. The van der Waals surface area contributed by atoms with Crippen LogP contribution in [0.5, 0.6) is 0 Å². The number of hydrogen-bond donors (Lipinski definition) is 1. The molecule has 1 fully saturated rings. The van der Waals surface area contributed by atoms with Crippen molar-refractivity contribution in [2.24, 2.45) is 5.92 Å². The summed E-state index contributed by atoms with van der Waals surface area (Å²) in [6.45, 7) is 5.12. The van der Waals surface area contributed by atoms with Crippen LogP contribution in [0.3, 0.4) is 0 Å². The van der Waals surface area contributed by atoms with Crippen molar-refractivity contribution in [1.82, 2.24) is 20.4 Å². The first kappa shape index (κ1) is 22.6. The number of piperidine rings is 1. The van der Waals surface area contributed by atoms with E-state index in [0.29, 0.717) is 18.3 Å². The molecular formula is C24H30N4O3S. The van der Waals surface area contributed by atoms with E-state index in [0.717, 1.165) is 67.3 Å². The molecule has 32 heavy (non-hydrogen) atoms. The third-order valence-electron chi connectivity index (χ3n) is 5.76. The van der Waals surface area contributed by atoms with Gasteiger partial charge in [-0.1, -0.05) is 29.4 Å². The van der Waals surface area contributed by atoms with Crippen molar-refractivity contribution < 1.29 is 13.7 Å². The predicted molar refractivity (Wildman–Crippen MR) is 125 cm³/mol. The Morgan fingerprint density at radius 2 is 2.06 bits per heavy atom. The van der Waals surface area contributed by atoms with Gasteiger partial charge in [0.15, 0.2) is 0 Å². The minimum atomic E-state index is 0.0900. The number of benzene rings is 1. The van der Waals surface area contributed by atoms with E-state index < -0.39 is 0 Å². The second kappa shape index (κ2) is 11.3. The summed E-state index contributed by atoms with van der Waals surface area (Å²) >= 11 is 1.83. The molecule has 0 bridgehead atoms. The maximum Gasteiger partial charge on any atom is 0.241 e. The van der Waals surface area contributed by atoms with Crippen LogP contribution in [0.15, 0.2) is 51.6 Å². The van der Waals surface area contributed by atoms with Gasteiger partial charge in [-0.25, -0.2) is 0 Å². The molecule has 0 unspecified atom stereocenters. The molecule has 0 atom stereocenters. The lowest BCUT2D eigenvalue weighted by atomic mass is 9.96. The molecule has 1 aromatic carbocycles. The van der Waals surface area contributed by atoms with Crippen molar-refractivity contribution >= 4 is 17.7 Å². The topological polar surface area (TPSA) is 84.4 Å². The molecule has 8 heteroatoms. The molecule has 1 N–H and O–H groups in total. The summed E-state index contributed by atoms with van der Waals surface area (Å²) in [6.07, 6.45) is 4.39. The number of carbonyl (C=O) groups is 1. The van der Waals surface area contributed by atoms with Crippen molar-refractivity contribution in [2.75, 3.05) is 25.4 Å². The van der Waals surface area contributed by atoms with Gasteiger partial charge in [-0.05, 0) is 62.7 Å². The van der Waals surface area contributed by atoms with Gasteiger partial charge in [-0.3, -0.25) is 9.69 Å². The van der Waals surface area contributed by atoms with E-state index in [1.165, 1.54) is 0 Å². The Morgan fingerprint density at radius 1 is 1.22 bits per heavy atom. The van der Waals surface area contributed by atoms with Gasteiger partial charge in [0, 0.05) is 18.0 Å². The predicted octanol–water partition coefficient (Wildman–Crippen LogP) is 4.29. The van der Waals surface area contributed by atoms with Crippen LogP contribution >= 0.6 is 11.8 Å². The minimum absolute atomic E-state index is 0.0900. The number of amides is 1. The van der Waals surface area contributed by atoms with Crippen LogP contribution in [0.2, 0.25) is 0 Å². The maximum absolute atomic E-state index is 12.5. The monoisotopic (exact) mass is 454 g/mol. The molecule has 1 aliphatic rings. The third kappa shape index (κ3) is 6.23. The summed E-state index contributed by atoms with van der Waals surface area (Å²) in [7, 11) is 0. The Kier molecular flexibility index (Phi) is 8.01. The number of nitrogens with zero attached hydrogens (tertiary/aromatic N) is 3. The number of aryl methyl sites for hydroxylation is 1. The van der Waals surface area contributed by atoms with Gasteiger partial charge in [0.25, 0.3) is 0 Å². The van der Waals surface area contributed by atoms with Gasteiger partial charge >= 0.3 is 0 Å². The summed E-state index contributed by atoms with van der Waals surface area (Å²) in [5.74, 6) is 4.41. The quantitative estimate of drug-likeness (QED) is 0.458. The molecule has 1 saturated heterocycles. The third-order valence-corrected chi connectivity index (χ3v) is 6.83. The largest absolute Gasteiger partial charge is 0.468 e. The molecule has 3 aromatic rings. The Bertz CT molecular complexity index is 981. The van der Waals surface area contributed by atoms with Crippen LogP contribution in [-0.4, -0.2) is 46.3 Å². The number of hydrogen-bond acceptors (Lipinski definition) is 7. The fourth-order valence-corrected chi connectivity index (χ4v) is 4.75. The smallest absolute Gasteiger partial charge is 0.241 e. The van der Waals surface area contributed by atoms with Crippen LogP contribution in [0, 0.1) is 12.8 Å². The molecule has 3 heterocycles. The second-order valence-electron chi connectivity index (χ2n) is 8.15. The number of carbonyl (C=O) groups excluding carboxylic acids is 1. The fraction of sp³-hybridized carbons (Fsp3) is 0.458. The Hall–Kier alpha value is -2.58. The molecule has 2 aromatic heterocycles. The Morgan fingerprint density at radius 3 is 2.84 bits per heavy atom. The zero-order valence-electron chi connectivity index (χ0n) is 18.5. The summed E-state index contributed by atoms with van der Waals surface area (Å²) in [6, 6.07) is 11.9. The minimum Gasteiger partial charge on any atom is -0.468 e. The van der Waals surface area contributed by atoms with E-state index in [2.05, 4.69) is 20.4 Å². The maximum atomic E-state index is 12.5. The van der Waals surface area contributed by atoms with Crippen molar-refractivity contribution in [1.29, 1.82) is 0 Å². The van der Waals surface area contributed by atoms with E-state index in [4.69, 9.17) is 8.94 Å². The van der Waals surface area contributed by atoms with Crippen molar-refractivity contribution in [3.63, 3.8) is 0 Å². The molecule has 0 radical (unpaired) electrons. The lowest BCUT2D eigenvalue weighted by molar-refractivity contribution is -0.126. The van der Waals surface area contributed by atoms with Gasteiger partial charge in [-0.2, -0.15) is 16.7 Å². The molecule has 1 aliphatic heterocycles. The van der Waals surface area contributed by atoms with Crippen LogP contribution < -0.4 is 5.32 Å². The summed E-state index contributed by atoms with van der Waals surface area (Å²) < 4.78 is 10.8. The molecule has 0 aliphatic carbocycles. The number of rotatable bonds is 10. The number of nitrogens with one attached hydrogen (secondary N) is 1. The first-order chi connectivity index (χ1) is 15.7. The number of furan rings is 1. The molecular weight excluding hydrogens is 424 g/mol. The zero-order valence-corrected chi connectivity index (χ0v) is 19.3. The highest BCUT2D eigenvalue weighted by atomic mass is 32.2. The lowest BCUT2D eigenvalue weighted by Gasteiger charge is -2.30. The molecule has 0 saturated carbocycles. The van der Waals surface area contributed by atoms with Crippen molar-refractivity contribution in [2.45, 2.75) is 38.5 Å². The van der Waals surface area contributed by atoms with Crippen LogP contribution in [-0.2, 0) is 17.1 Å². The standard InChI is InChI=1S/C24H30N4O3S/c1-18-6-2-3-8-21(18)23-26-22(31-27-23)16-28-12-9-19(10-13-28)24(29)25-11-5-15-32-17-20-7-4-14-30-20/h2-4,6-8,14,19H,5,9-13,15-17H2,1H3,(H,25,29). The first-order valence-corrected chi connectivity index (χ1v) is 12.3. The molecule has 1 amide bonds. The summed E-state index contributed by atoms with van der Waals surface area (Å²) in [5.41, 5.74) is 2.13. The summed E-state index contributed by atoms with van der Waals surface area (Å²) in [4.78, 5) is 19.3. The van der Waals surface area contributed by atoms with E-state index in [1.54, 1.807) is 6.26 Å². The van der Waals surface area contributed by atoms with Gasteiger partial charge in [0.05, 0.1) is 18.6 Å². The van der Waals surface area contributed by atoms with E-state index in [9.17, 15) is 4.79 Å². The molecule has 170 valence electrons. The summed E-state index contributed by atoms with van der Waals surface area (Å²) in [5, 5.41) is 7.24. The zero-order chi connectivity index (χ0) is 22.2. The number of thioether (sulfide) groups is 1. The van der Waals surface area contributed by atoms with Gasteiger partial charge in [0.2, 0.25) is 17.6 Å². The van der Waals surface area contributed by atoms with Gasteiger partial charge in [-0.15, -0.1) is 0 Å². The van der Waals surface area contributed by atoms with E-state index in [1.807, 2.05) is 55.1 Å². The van der Waals surface area contributed by atoms with Crippen LogP contribution in [0.1, 0.15) is 36.5 Å². The Balaban J connectivity index is 1.13. The van der Waals surface area contributed by atoms with Crippen molar-refractivity contribution in [3.05, 3.63) is 59.9 Å². The highest BCUT2D eigenvalue weighted by molar-refractivity contribution is 7.98. The second-order valence-corrected chi connectivity index (χ2v) is 9.26. The van der Waals surface area contributed by atoms with Crippen LogP contribution in [0.4, 0.5) is 0 Å². The van der Waals surface area contributed by atoms with E-state index in [-0.39, 0.29) is 11.8 Å². The van der Waals surface area contributed by atoms with E-state index >= 15 is 0 Å². The van der Waals surface area contributed by atoms with Crippen LogP contribution in [0.25, 0.3) is 11.4 Å². The average Bonchev–Trinajstić information content (AvgIpc) is 3.49. The fourth-order valence-electron chi connectivity index (χ4n) is 3.89. The average molecular weight is 455 g/mol. The Labute approximate surface area is 192 Å². The van der Waals surface area contributed by atoms with Gasteiger partial charge in [0.1, 0.15) is 5.76 Å². The highest BCUT2D eigenvalue weighted by Gasteiger charge is 2.25. The molecule has 7 nitrogen and oxygen atoms in total. The number of likely N-dealkylation sites (tertiary alicyclic amines) is 1. The normalized spacial score (nSPS) is 15.2. The van der Waals surface area contributed by atoms with Crippen molar-refractivity contribution in [3.8, 4) is 11.4 Å². The number of aromatic nitrogens is 2. The molecule has 4 rings (SSSR count).